The van der Waals surface area contributed by atoms with Crippen LogP contribution in [0.1, 0.15) is 31.7 Å². The zero-order valence-corrected chi connectivity index (χ0v) is 17.9. The highest BCUT2D eigenvalue weighted by atomic mass is 16.5. The Kier molecular flexibility index (Phi) is 8.19. The summed E-state index contributed by atoms with van der Waals surface area (Å²) in [4.78, 5) is 36.2. The first kappa shape index (κ1) is 22.8. The second-order valence-electron chi connectivity index (χ2n) is 6.94. The maximum atomic E-state index is 12.3. The average Bonchev–Trinajstić information content (AvgIpc) is 3.32. The minimum Gasteiger partial charge on any atom is -0.490 e. The summed E-state index contributed by atoms with van der Waals surface area (Å²) in [6, 6.07) is 16.6. The van der Waals surface area contributed by atoms with E-state index in [2.05, 4.69) is 16.0 Å². The molecule has 2 aromatic rings. The minimum atomic E-state index is -0.535. The van der Waals surface area contributed by atoms with Gasteiger partial charge in [0, 0.05) is 19.3 Å². The number of hydrazone groups is 1. The number of carbonyl (C=O) groups excluding carboxylic acids is 3. The molecular weight excluding hydrogens is 412 g/mol. The van der Waals surface area contributed by atoms with E-state index in [0.29, 0.717) is 31.1 Å². The summed E-state index contributed by atoms with van der Waals surface area (Å²) in [6.07, 6.45) is 0.593. The Balaban J connectivity index is 1.37. The molecular formula is C23H26N4O5. The number of nitrogens with zero attached hydrogens (tertiary/aromatic N) is 2. The second kappa shape index (κ2) is 11.5. The van der Waals surface area contributed by atoms with Crippen LogP contribution in [0.4, 0.5) is 0 Å². The van der Waals surface area contributed by atoms with Gasteiger partial charge < -0.3 is 9.47 Å². The normalized spacial score (nSPS) is 12.7. The number of nitrogens with one attached hydrogen (secondary N) is 2. The first-order chi connectivity index (χ1) is 15.6. The zero-order chi connectivity index (χ0) is 22.8. The fraction of sp³-hybridized carbons (Fsp3) is 0.304. The van der Waals surface area contributed by atoms with Crippen molar-refractivity contribution in [2.24, 2.45) is 5.10 Å². The van der Waals surface area contributed by atoms with Crippen molar-refractivity contribution in [2.45, 2.75) is 26.2 Å². The van der Waals surface area contributed by atoms with Crippen LogP contribution >= 0.6 is 0 Å². The summed E-state index contributed by atoms with van der Waals surface area (Å²) in [5.41, 5.74) is 6.38. The Bertz CT molecular complexity index is 977. The van der Waals surface area contributed by atoms with Gasteiger partial charge in [-0.15, -0.1) is 0 Å². The quantitative estimate of drug-likeness (QED) is 0.582. The van der Waals surface area contributed by atoms with E-state index in [0.717, 1.165) is 11.3 Å². The third-order valence-corrected chi connectivity index (χ3v) is 4.61. The summed E-state index contributed by atoms with van der Waals surface area (Å²) in [5, 5.41) is 5.74. The van der Waals surface area contributed by atoms with Gasteiger partial charge >= 0.3 is 0 Å². The van der Waals surface area contributed by atoms with Gasteiger partial charge in [0.25, 0.3) is 5.91 Å². The van der Waals surface area contributed by atoms with E-state index < -0.39 is 11.8 Å². The van der Waals surface area contributed by atoms with Crippen molar-refractivity contribution in [3.63, 3.8) is 0 Å². The molecule has 0 bridgehead atoms. The molecule has 0 fully saturated rings. The summed E-state index contributed by atoms with van der Waals surface area (Å²) < 4.78 is 10.9. The Morgan fingerprint density at radius 2 is 1.56 bits per heavy atom. The zero-order valence-electron chi connectivity index (χ0n) is 17.9. The highest BCUT2D eigenvalue weighted by Crippen LogP contribution is 2.26. The molecule has 0 atom stereocenters. The third kappa shape index (κ3) is 6.56. The van der Waals surface area contributed by atoms with Crippen LogP contribution in [-0.2, 0) is 14.4 Å². The van der Waals surface area contributed by atoms with Crippen molar-refractivity contribution in [3.05, 3.63) is 60.2 Å². The molecule has 1 aliphatic heterocycles. The molecule has 1 aliphatic rings. The molecule has 32 heavy (non-hydrogen) atoms. The SMILES string of the molecule is CCOc1ccccc1OCC(=O)NNC(=O)CCC(=O)N1CCC(c2ccccc2)=N1. The molecule has 0 spiro atoms. The summed E-state index contributed by atoms with van der Waals surface area (Å²) in [7, 11) is 0. The predicted molar refractivity (Wildman–Crippen MR) is 118 cm³/mol. The van der Waals surface area contributed by atoms with Crippen LogP contribution in [-0.4, -0.2) is 48.2 Å². The number of hydrogen-bond donors (Lipinski definition) is 2. The highest BCUT2D eigenvalue weighted by Gasteiger charge is 2.22. The predicted octanol–water partition coefficient (Wildman–Crippen LogP) is 2.03. The van der Waals surface area contributed by atoms with Crippen molar-refractivity contribution >= 4 is 23.4 Å². The van der Waals surface area contributed by atoms with Crippen molar-refractivity contribution in [1.29, 1.82) is 0 Å². The van der Waals surface area contributed by atoms with E-state index in [9.17, 15) is 14.4 Å². The number of hydrazine groups is 1. The summed E-state index contributed by atoms with van der Waals surface area (Å²) >= 11 is 0. The fourth-order valence-corrected chi connectivity index (χ4v) is 3.05. The van der Waals surface area contributed by atoms with Gasteiger partial charge in [0.05, 0.1) is 18.9 Å². The number of carbonyl (C=O) groups is 3. The van der Waals surface area contributed by atoms with Crippen molar-refractivity contribution in [1.82, 2.24) is 15.9 Å². The van der Waals surface area contributed by atoms with Gasteiger partial charge in [-0.3, -0.25) is 25.2 Å². The smallest absolute Gasteiger partial charge is 0.276 e. The van der Waals surface area contributed by atoms with Gasteiger partial charge in [-0.25, -0.2) is 5.01 Å². The molecule has 0 saturated heterocycles. The minimum absolute atomic E-state index is 0.00843. The van der Waals surface area contributed by atoms with Gasteiger partial charge in [-0.2, -0.15) is 5.10 Å². The van der Waals surface area contributed by atoms with Gasteiger partial charge in [-0.1, -0.05) is 42.5 Å². The van der Waals surface area contributed by atoms with Crippen LogP contribution in [0.5, 0.6) is 11.5 Å². The monoisotopic (exact) mass is 438 g/mol. The van der Waals surface area contributed by atoms with E-state index in [1.54, 1.807) is 24.3 Å². The number of hydrogen-bond acceptors (Lipinski definition) is 6. The molecule has 2 N–H and O–H groups in total. The summed E-state index contributed by atoms with van der Waals surface area (Å²) in [5.74, 6) is -0.290. The molecule has 9 heteroatoms. The molecule has 3 rings (SSSR count). The molecule has 0 aromatic heterocycles. The van der Waals surface area contributed by atoms with Crippen molar-refractivity contribution in [2.75, 3.05) is 19.8 Å². The van der Waals surface area contributed by atoms with E-state index >= 15 is 0 Å². The molecule has 0 unspecified atom stereocenters. The lowest BCUT2D eigenvalue weighted by atomic mass is 10.1. The molecule has 2 aromatic carbocycles. The standard InChI is InChI=1S/C23H26N4O5/c1-2-31-19-10-6-7-11-20(19)32-16-22(29)25-24-21(28)12-13-23(30)27-15-14-18(26-27)17-8-4-3-5-9-17/h3-11H,2,12-16H2,1H3,(H,24,28)(H,25,29). The number of amides is 3. The molecule has 0 radical (unpaired) electrons. The highest BCUT2D eigenvalue weighted by molar-refractivity contribution is 6.02. The Labute approximate surface area is 186 Å². The summed E-state index contributed by atoms with van der Waals surface area (Å²) in [6.45, 7) is 2.51. The number of benzene rings is 2. The second-order valence-corrected chi connectivity index (χ2v) is 6.94. The van der Waals surface area contributed by atoms with E-state index in [1.165, 1.54) is 5.01 Å². The first-order valence-corrected chi connectivity index (χ1v) is 10.4. The van der Waals surface area contributed by atoms with Gasteiger partial charge in [-0.05, 0) is 24.6 Å². The van der Waals surface area contributed by atoms with E-state index in [-0.39, 0.29) is 25.4 Å². The Morgan fingerprint density at radius 3 is 2.28 bits per heavy atom. The first-order valence-electron chi connectivity index (χ1n) is 10.4. The van der Waals surface area contributed by atoms with Gasteiger partial charge in [0.15, 0.2) is 18.1 Å². The lowest BCUT2D eigenvalue weighted by Gasteiger charge is -2.13. The largest absolute Gasteiger partial charge is 0.490 e. The molecule has 0 aliphatic carbocycles. The molecule has 1 heterocycles. The molecule has 168 valence electrons. The van der Waals surface area contributed by atoms with E-state index in [4.69, 9.17) is 9.47 Å². The Hall–Kier alpha value is -3.88. The lowest BCUT2D eigenvalue weighted by Crippen LogP contribution is -2.44. The van der Waals surface area contributed by atoms with Crippen LogP contribution < -0.4 is 20.3 Å². The topological polar surface area (TPSA) is 109 Å². The van der Waals surface area contributed by atoms with Crippen LogP contribution in [0, 0.1) is 0 Å². The van der Waals surface area contributed by atoms with Crippen LogP contribution in [0.25, 0.3) is 0 Å². The third-order valence-electron chi connectivity index (χ3n) is 4.61. The average molecular weight is 438 g/mol. The van der Waals surface area contributed by atoms with Crippen LogP contribution in [0.3, 0.4) is 0 Å². The van der Waals surface area contributed by atoms with E-state index in [1.807, 2.05) is 37.3 Å². The van der Waals surface area contributed by atoms with Gasteiger partial charge in [0.1, 0.15) is 0 Å². The van der Waals surface area contributed by atoms with Crippen molar-refractivity contribution in [3.8, 4) is 11.5 Å². The maximum absolute atomic E-state index is 12.3. The van der Waals surface area contributed by atoms with Crippen LogP contribution in [0.2, 0.25) is 0 Å². The number of para-hydroxylation sites is 2. The number of rotatable bonds is 9. The molecule has 0 saturated carbocycles. The van der Waals surface area contributed by atoms with Crippen molar-refractivity contribution < 1.29 is 23.9 Å². The fourth-order valence-electron chi connectivity index (χ4n) is 3.05. The molecule has 3 amide bonds. The van der Waals surface area contributed by atoms with Gasteiger partial charge in [0.2, 0.25) is 11.8 Å². The number of ether oxygens (including phenoxy) is 2. The molecule has 9 nitrogen and oxygen atoms in total. The Morgan fingerprint density at radius 1 is 0.906 bits per heavy atom. The van der Waals surface area contributed by atoms with Crippen LogP contribution in [0.15, 0.2) is 59.7 Å². The lowest BCUT2D eigenvalue weighted by molar-refractivity contribution is -0.134. The maximum Gasteiger partial charge on any atom is 0.276 e.